The highest BCUT2D eigenvalue weighted by atomic mass is 19.4. The van der Waals surface area contributed by atoms with Crippen LogP contribution < -0.4 is 24.4 Å². The van der Waals surface area contributed by atoms with E-state index in [0.29, 0.717) is 22.8 Å². The van der Waals surface area contributed by atoms with Gasteiger partial charge in [-0.15, -0.1) is 5.10 Å². The first kappa shape index (κ1) is 39.4. The molecule has 1 atom stereocenters. The van der Waals surface area contributed by atoms with Crippen LogP contribution >= 0.6 is 0 Å². The topological polar surface area (TPSA) is 106 Å². The van der Waals surface area contributed by atoms with Crippen molar-refractivity contribution in [1.82, 2.24) is 20.5 Å². The van der Waals surface area contributed by atoms with E-state index in [4.69, 9.17) is 23.8 Å². The summed E-state index contributed by atoms with van der Waals surface area (Å²) in [6.45, 7) is -0.419. The maximum Gasteiger partial charge on any atom is 0.416 e. The maximum absolute atomic E-state index is 14.4. The first-order valence-electron chi connectivity index (χ1n) is 18.3. The number of fused-ring (bicyclic) bond motifs is 1. The molecule has 58 heavy (non-hydrogen) atoms. The third-order valence-electron chi connectivity index (χ3n) is 9.67. The number of carbonyl (C=O) groups excluding carboxylic acids is 1. The quantitative estimate of drug-likeness (QED) is 0.0590. The first-order chi connectivity index (χ1) is 28.2. The summed E-state index contributed by atoms with van der Waals surface area (Å²) in [7, 11) is 3.11. The third kappa shape index (κ3) is 8.74. The van der Waals surface area contributed by atoms with Crippen molar-refractivity contribution >= 4 is 17.0 Å². The van der Waals surface area contributed by atoms with Crippen molar-refractivity contribution in [2.45, 2.75) is 30.8 Å². The molecule has 0 amide bonds. The van der Waals surface area contributed by atoms with Crippen molar-refractivity contribution in [2.75, 3.05) is 21.0 Å². The molecule has 0 radical (unpaired) electrons. The number of nitrogens with zero attached hydrogens (tertiary/aromatic N) is 3. The zero-order chi connectivity index (χ0) is 40.5. The molecule has 0 spiro atoms. The highest BCUT2D eigenvalue weighted by molar-refractivity contribution is 5.77. The smallest absolute Gasteiger partial charge is 0.416 e. The van der Waals surface area contributed by atoms with Crippen LogP contribution in [0.3, 0.4) is 0 Å². The van der Waals surface area contributed by atoms with Crippen molar-refractivity contribution < 1.29 is 41.8 Å². The van der Waals surface area contributed by atoms with E-state index in [0.717, 1.165) is 39.2 Å². The number of aromatic nitrogens is 3. The molecule has 0 aliphatic carbocycles. The molecule has 0 saturated carbocycles. The van der Waals surface area contributed by atoms with Crippen LogP contribution in [-0.2, 0) is 34.3 Å². The van der Waals surface area contributed by atoms with Crippen molar-refractivity contribution in [3.63, 3.8) is 0 Å². The maximum atomic E-state index is 14.4. The summed E-state index contributed by atoms with van der Waals surface area (Å²) in [5.74, 6) is 1.05. The van der Waals surface area contributed by atoms with E-state index < -0.39 is 29.3 Å². The number of carbonyl (C=O) groups is 1. The molecule has 0 saturated heterocycles. The number of nitrogens with one attached hydrogen (secondary N) is 1. The van der Waals surface area contributed by atoms with E-state index in [2.05, 4.69) is 15.6 Å². The Labute approximate surface area is 332 Å². The average molecular weight is 789 g/mol. The molecule has 1 aromatic heterocycles. The number of methoxy groups -OCH3 is 2. The molecular weight excluding hydrogens is 750 g/mol. The number of halogens is 3. The van der Waals surface area contributed by atoms with Gasteiger partial charge in [0.15, 0.2) is 0 Å². The Hall–Kier alpha value is -6.86. The Morgan fingerprint density at radius 2 is 1.31 bits per heavy atom. The second kappa shape index (κ2) is 17.5. The van der Waals surface area contributed by atoms with Crippen molar-refractivity contribution in [3.8, 4) is 17.2 Å². The average Bonchev–Trinajstić information content (AvgIpc) is 3.67. The molecule has 0 aliphatic heterocycles. The largest absolute Gasteiger partial charge is 0.497 e. The van der Waals surface area contributed by atoms with Gasteiger partial charge in [-0.1, -0.05) is 108 Å². The van der Waals surface area contributed by atoms with Gasteiger partial charge in [0.25, 0.3) is 6.79 Å². The van der Waals surface area contributed by atoms with Crippen LogP contribution in [-0.4, -0.2) is 48.2 Å². The molecule has 0 aliphatic rings. The summed E-state index contributed by atoms with van der Waals surface area (Å²) in [5, 5.41) is 11.4. The summed E-state index contributed by atoms with van der Waals surface area (Å²) in [5.41, 5.74) is 2.64. The second-order valence-corrected chi connectivity index (χ2v) is 13.2. The zero-order valence-corrected chi connectivity index (χ0v) is 31.6. The van der Waals surface area contributed by atoms with Crippen LogP contribution in [0.25, 0.3) is 11.0 Å². The summed E-state index contributed by atoms with van der Waals surface area (Å²) >= 11 is 0. The van der Waals surface area contributed by atoms with Gasteiger partial charge in [-0.05, 0) is 76.4 Å². The molecule has 1 heterocycles. The second-order valence-electron chi connectivity index (χ2n) is 13.2. The predicted octanol–water partition coefficient (Wildman–Crippen LogP) is 8.17. The number of hydrogen-bond donors (Lipinski definition) is 1. The molecule has 6 aromatic carbocycles. The number of rotatable bonds is 16. The number of alkyl halides is 3. The van der Waals surface area contributed by atoms with Gasteiger partial charge >= 0.3 is 12.1 Å². The van der Waals surface area contributed by atoms with Crippen molar-refractivity contribution in [3.05, 3.63) is 185 Å². The van der Waals surface area contributed by atoms with Crippen LogP contribution in [0.2, 0.25) is 0 Å². The van der Waals surface area contributed by atoms with Gasteiger partial charge in [-0.3, -0.25) is 10.1 Å². The fourth-order valence-electron chi connectivity index (χ4n) is 6.76. The van der Waals surface area contributed by atoms with Gasteiger partial charge in [0.2, 0.25) is 0 Å². The summed E-state index contributed by atoms with van der Waals surface area (Å²) < 4.78 is 62.6. The van der Waals surface area contributed by atoms with Crippen LogP contribution in [0.15, 0.2) is 152 Å². The van der Waals surface area contributed by atoms with Crippen LogP contribution in [0.4, 0.5) is 13.2 Å². The lowest BCUT2D eigenvalue weighted by Crippen LogP contribution is -2.53. The Balaban J connectivity index is 1.16. The van der Waals surface area contributed by atoms with Gasteiger partial charge in [-0.2, -0.15) is 13.2 Å². The molecule has 296 valence electrons. The van der Waals surface area contributed by atoms with Gasteiger partial charge in [0.05, 0.1) is 25.3 Å². The lowest BCUT2D eigenvalue weighted by atomic mass is 9.76. The summed E-state index contributed by atoms with van der Waals surface area (Å²) in [6.07, 6.45) is -4.32. The van der Waals surface area contributed by atoms with Crippen LogP contribution in [0.1, 0.15) is 33.4 Å². The first-order valence-corrected chi connectivity index (χ1v) is 18.3. The summed E-state index contributed by atoms with van der Waals surface area (Å²) in [6, 6.07) is 44.4. The van der Waals surface area contributed by atoms with E-state index >= 15 is 0 Å². The lowest BCUT2D eigenvalue weighted by molar-refractivity contribution is -0.148. The van der Waals surface area contributed by atoms with E-state index in [1.54, 1.807) is 44.6 Å². The molecule has 10 nitrogen and oxygen atoms in total. The van der Waals surface area contributed by atoms with Gasteiger partial charge in [-0.25, -0.2) is 0 Å². The fraction of sp³-hybridized carbons (Fsp3) is 0.178. The van der Waals surface area contributed by atoms with E-state index in [9.17, 15) is 18.0 Å². The fourth-order valence-corrected chi connectivity index (χ4v) is 6.76. The SMILES string of the molecule is COc1ccc(COC(=O)C(Cc2ccc(OCOn3nnc4ccc(C(F)(F)F)cc43)cc2)NC(c2ccccc2)(c2ccccc2)c2ccccc2)c(OC)c1. The number of hydrogen-bond acceptors (Lipinski definition) is 9. The number of esters is 1. The van der Waals surface area contributed by atoms with Gasteiger partial charge in [0.1, 0.15) is 40.9 Å². The monoisotopic (exact) mass is 788 g/mol. The zero-order valence-electron chi connectivity index (χ0n) is 31.6. The van der Waals surface area contributed by atoms with Crippen molar-refractivity contribution in [2.24, 2.45) is 0 Å². The molecule has 0 bridgehead atoms. The van der Waals surface area contributed by atoms with E-state index in [1.165, 1.54) is 6.07 Å². The molecule has 1 unspecified atom stereocenters. The Bertz CT molecular complexity index is 2330. The minimum absolute atomic E-state index is 0.0437. The Kier molecular flexibility index (Phi) is 11.9. The van der Waals surface area contributed by atoms with E-state index in [1.807, 2.05) is 103 Å². The Morgan fingerprint density at radius 3 is 1.88 bits per heavy atom. The van der Waals surface area contributed by atoms with Gasteiger partial charge in [0, 0.05) is 11.6 Å². The van der Waals surface area contributed by atoms with Crippen LogP contribution in [0, 0.1) is 0 Å². The summed E-state index contributed by atoms with van der Waals surface area (Å²) in [4.78, 5) is 20.8. The highest BCUT2D eigenvalue weighted by Crippen LogP contribution is 2.38. The minimum Gasteiger partial charge on any atom is -0.497 e. The minimum atomic E-state index is -4.54. The normalized spacial score (nSPS) is 12.2. The molecule has 1 N–H and O–H groups in total. The molecule has 13 heteroatoms. The Morgan fingerprint density at radius 1 is 0.707 bits per heavy atom. The highest BCUT2D eigenvalue weighted by Gasteiger charge is 2.40. The molecule has 7 rings (SSSR count). The van der Waals surface area contributed by atoms with E-state index in [-0.39, 0.29) is 30.9 Å². The molecule has 0 fully saturated rings. The lowest BCUT2D eigenvalue weighted by Gasteiger charge is -2.39. The molecule has 7 aromatic rings. The third-order valence-corrected chi connectivity index (χ3v) is 9.67. The predicted molar refractivity (Wildman–Crippen MR) is 210 cm³/mol. The van der Waals surface area contributed by atoms with Crippen LogP contribution in [0.5, 0.6) is 17.2 Å². The number of ether oxygens (including phenoxy) is 4. The van der Waals surface area contributed by atoms with Crippen molar-refractivity contribution in [1.29, 1.82) is 0 Å². The standard InChI is InChI=1S/C45H39F3N4O6/c1-54-38-24-20-32(42(28-38)55-2)29-56-43(53)40(49-44(33-12-6-3-7-13-33,34-14-8-4-9-15-34)35-16-10-5-11-17-35)26-31-18-22-37(23-19-31)57-30-58-52-41-27-36(45(46,47)48)21-25-39(41)50-51-52/h3-25,27-28,40,49H,26,29-30H2,1-2H3. The number of benzene rings is 6. The molecular formula is C45H39F3N4O6. The van der Waals surface area contributed by atoms with Gasteiger partial charge < -0.3 is 23.8 Å².